The Morgan fingerprint density at radius 2 is 1.79 bits per heavy atom. The van der Waals surface area contributed by atoms with E-state index in [2.05, 4.69) is 15.6 Å². The molecule has 0 fully saturated rings. The summed E-state index contributed by atoms with van der Waals surface area (Å²) in [5, 5.41) is 5.57. The molecule has 0 unspecified atom stereocenters. The molecule has 8 heteroatoms. The van der Waals surface area contributed by atoms with Crippen molar-refractivity contribution in [3.8, 4) is 0 Å². The molecule has 1 aromatic carbocycles. The minimum Gasteiger partial charge on any atom is -0.465 e. The molecule has 0 saturated heterocycles. The highest BCUT2D eigenvalue weighted by Crippen LogP contribution is 2.17. The Morgan fingerprint density at radius 1 is 1.03 bits per heavy atom. The number of carbonyl (C=O) groups excluding carboxylic acids is 3. The zero-order valence-electron chi connectivity index (χ0n) is 16.6. The van der Waals surface area contributed by atoms with Gasteiger partial charge in [-0.15, -0.1) is 0 Å². The van der Waals surface area contributed by atoms with Crippen LogP contribution in [0.1, 0.15) is 52.2 Å². The van der Waals surface area contributed by atoms with Crippen LogP contribution >= 0.6 is 0 Å². The number of methoxy groups -OCH3 is 1. The number of hydrogen-bond donors (Lipinski definition) is 2. The third-order valence-corrected chi connectivity index (χ3v) is 4.00. The van der Waals surface area contributed by atoms with Crippen molar-refractivity contribution in [2.24, 2.45) is 0 Å². The SMILES string of the molecule is COC(=O)c1cccc(NC(=O)c2nc(C(=O)NC(C)(C)C)n3ccccc23)c1. The third kappa shape index (κ3) is 4.43. The molecule has 0 aliphatic heterocycles. The molecule has 2 aromatic heterocycles. The van der Waals surface area contributed by atoms with Crippen LogP contribution in [0.15, 0.2) is 48.7 Å². The molecule has 29 heavy (non-hydrogen) atoms. The van der Waals surface area contributed by atoms with Gasteiger partial charge in [0, 0.05) is 17.4 Å². The first-order valence-electron chi connectivity index (χ1n) is 8.99. The number of rotatable bonds is 4. The van der Waals surface area contributed by atoms with Gasteiger partial charge in [0.2, 0.25) is 5.82 Å². The van der Waals surface area contributed by atoms with Crippen LogP contribution in [0, 0.1) is 0 Å². The van der Waals surface area contributed by atoms with Crippen LogP contribution in [-0.4, -0.2) is 39.8 Å². The lowest BCUT2D eigenvalue weighted by atomic mass is 10.1. The summed E-state index contributed by atoms with van der Waals surface area (Å²) < 4.78 is 6.27. The van der Waals surface area contributed by atoms with Gasteiger partial charge < -0.3 is 15.4 Å². The minimum atomic E-state index is -0.505. The molecule has 0 atom stereocenters. The van der Waals surface area contributed by atoms with Crippen molar-refractivity contribution >= 4 is 29.0 Å². The fourth-order valence-corrected chi connectivity index (χ4v) is 2.79. The number of amides is 2. The Bertz CT molecular complexity index is 1100. The fourth-order valence-electron chi connectivity index (χ4n) is 2.79. The smallest absolute Gasteiger partial charge is 0.337 e. The normalized spacial score (nSPS) is 11.2. The van der Waals surface area contributed by atoms with Crippen LogP contribution in [0.2, 0.25) is 0 Å². The van der Waals surface area contributed by atoms with Crippen molar-refractivity contribution < 1.29 is 19.1 Å². The van der Waals surface area contributed by atoms with Gasteiger partial charge in [0.05, 0.1) is 18.2 Å². The molecule has 0 bridgehead atoms. The Labute approximate surface area is 167 Å². The van der Waals surface area contributed by atoms with E-state index < -0.39 is 17.4 Å². The maximum absolute atomic E-state index is 12.9. The number of aromatic nitrogens is 2. The highest BCUT2D eigenvalue weighted by atomic mass is 16.5. The van der Waals surface area contributed by atoms with Gasteiger partial charge in [-0.2, -0.15) is 0 Å². The molecule has 0 spiro atoms. The average Bonchev–Trinajstić information content (AvgIpc) is 3.06. The monoisotopic (exact) mass is 394 g/mol. The number of benzene rings is 1. The molecule has 2 heterocycles. The zero-order valence-corrected chi connectivity index (χ0v) is 16.6. The molecule has 0 radical (unpaired) electrons. The van der Waals surface area contributed by atoms with Crippen LogP contribution in [-0.2, 0) is 4.74 Å². The van der Waals surface area contributed by atoms with E-state index in [1.807, 2.05) is 20.8 Å². The summed E-state index contributed by atoms with van der Waals surface area (Å²) in [5.74, 6) is -1.27. The van der Waals surface area contributed by atoms with Crippen molar-refractivity contribution in [3.63, 3.8) is 0 Å². The molecule has 0 saturated carbocycles. The Morgan fingerprint density at radius 3 is 2.48 bits per heavy atom. The maximum Gasteiger partial charge on any atom is 0.337 e. The van der Waals surface area contributed by atoms with E-state index in [0.717, 1.165) is 0 Å². The number of nitrogens with zero attached hydrogens (tertiary/aromatic N) is 2. The summed E-state index contributed by atoms with van der Waals surface area (Å²) >= 11 is 0. The van der Waals surface area contributed by atoms with Gasteiger partial charge in [-0.1, -0.05) is 12.1 Å². The second kappa shape index (κ2) is 7.75. The predicted octanol–water partition coefficient (Wildman–Crippen LogP) is 2.90. The number of esters is 1. The topological polar surface area (TPSA) is 102 Å². The molecular formula is C21H22N4O4. The molecule has 0 aliphatic carbocycles. The highest BCUT2D eigenvalue weighted by Gasteiger charge is 2.24. The van der Waals surface area contributed by atoms with E-state index in [4.69, 9.17) is 4.74 Å². The number of anilines is 1. The summed E-state index contributed by atoms with van der Waals surface area (Å²) in [7, 11) is 1.29. The van der Waals surface area contributed by atoms with E-state index in [0.29, 0.717) is 16.8 Å². The quantitative estimate of drug-likeness (QED) is 0.663. The van der Waals surface area contributed by atoms with E-state index >= 15 is 0 Å². The lowest BCUT2D eigenvalue weighted by molar-refractivity contribution is 0.0600. The van der Waals surface area contributed by atoms with E-state index in [1.165, 1.54) is 13.2 Å². The van der Waals surface area contributed by atoms with Crippen molar-refractivity contribution in [1.82, 2.24) is 14.7 Å². The lowest BCUT2D eigenvalue weighted by Crippen LogP contribution is -2.41. The van der Waals surface area contributed by atoms with E-state index in [9.17, 15) is 14.4 Å². The van der Waals surface area contributed by atoms with E-state index in [-0.39, 0.29) is 17.4 Å². The van der Waals surface area contributed by atoms with E-state index in [1.54, 1.807) is 47.0 Å². The van der Waals surface area contributed by atoms with Crippen LogP contribution in [0.3, 0.4) is 0 Å². The van der Waals surface area contributed by atoms with Crippen molar-refractivity contribution in [1.29, 1.82) is 0 Å². The van der Waals surface area contributed by atoms with Crippen molar-refractivity contribution in [2.75, 3.05) is 12.4 Å². The first kappa shape index (κ1) is 20.1. The number of carbonyl (C=O) groups is 3. The van der Waals surface area contributed by atoms with Gasteiger partial charge in [-0.25, -0.2) is 9.78 Å². The summed E-state index contributed by atoms with van der Waals surface area (Å²) in [6, 6.07) is 11.6. The molecule has 150 valence electrons. The molecule has 3 aromatic rings. The highest BCUT2D eigenvalue weighted by molar-refractivity contribution is 6.09. The number of imidazole rings is 1. The van der Waals surface area contributed by atoms with Gasteiger partial charge in [0.25, 0.3) is 11.8 Å². The van der Waals surface area contributed by atoms with Gasteiger partial charge >= 0.3 is 5.97 Å². The number of ether oxygens (including phenoxy) is 1. The summed E-state index contributed by atoms with van der Waals surface area (Å²) in [6.45, 7) is 5.59. The minimum absolute atomic E-state index is 0.105. The Kier molecular flexibility index (Phi) is 5.36. The van der Waals surface area contributed by atoms with Gasteiger partial charge in [-0.3, -0.25) is 14.0 Å². The van der Waals surface area contributed by atoms with Gasteiger partial charge in [0.15, 0.2) is 5.69 Å². The van der Waals surface area contributed by atoms with Crippen LogP contribution < -0.4 is 10.6 Å². The second-order valence-corrected chi connectivity index (χ2v) is 7.47. The number of fused-ring (bicyclic) bond motifs is 1. The van der Waals surface area contributed by atoms with Crippen LogP contribution in [0.25, 0.3) is 5.52 Å². The molecule has 2 N–H and O–H groups in total. The van der Waals surface area contributed by atoms with Gasteiger partial charge in [-0.05, 0) is 51.1 Å². The van der Waals surface area contributed by atoms with Crippen LogP contribution in [0.5, 0.6) is 0 Å². The average molecular weight is 394 g/mol. The lowest BCUT2D eigenvalue weighted by Gasteiger charge is -2.19. The molecular weight excluding hydrogens is 372 g/mol. The standard InChI is InChI=1S/C21H22N4O4/c1-21(2,3)24-19(27)17-23-16(15-10-5-6-11-25(15)17)18(26)22-14-9-7-8-13(12-14)20(28)29-4/h5-12H,1-4H3,(H,22,26)(H,24,27). The predicted molar refractivity (Wildman–Crippen MR) is 108 cm³/mol. The zero-order chi connectivity index (χ0) is 21.2. The van der Waals surface area contributed by atoms with Crippen molar-refractivity contribution in [2.45, 2.75) is 26.3 Å². The number of nitrogens with one attached hydrogen (secondary N) is 2. The maximum atomic E-state index is 12.9. The third-order valence-electron chi connectivity index (χ3n) is 4.00. The molecule has 0 aliphatic rings. The summed E-state index contributed by atoms with van der Waals surface area (Å²) in [6.07, 6.45) is 1.68. The van der Waals surface area contributed by atoms with Crippen molar-refractivity contribution in [3.05, 3.63) is 65.7 Å². The molecule has 8 nitrogen and oxygen atoms in total. The number of pyridine rings is 1. The second-order valence-electron chi connectivity index (χ2n) is 7.47. The van der Waals surface area contributed by atoms with Crippen LogP contribution in [0.4, 0.5) is 5.69 Å². The Balaban J connectivity index is 1.95. The fraction of sp³-hybridized carbons (Fsp3) is 0.238. The first-order chi connectivity index (χ1) is 13.7. The van der Waals surface area contributed by atoms with Gasteiger partial charge in [0.1, 0.15) is 0 Å². The first-order valence-corrected chi connectivity index (χ1v) is 8.99. The Hall–Kier alpha value is -3.68. The molecule has 3 rings (SSSR count). The molecule has 2 amide bonds. The largest absolute Gasteiger partial charge is 0.465 e. The summed E-state index contributed by atoms with van der Waals surface area (Å²) in [4.78, 5) is 41.5. The number of hydrogen-bond acceptors (Lipinski definition) is 5. The summed E-state index contributed by atoms with van der Waals surface area (Å²) in [5.41, 5.74) is 0.872.